The third-order valence-electron chi connectivity index (χ3n) is 3.64. The van der Waals surface area contributed by atoms with Crippen LogP contribution in [0.2, 0.25) is 0 Å². The molecule has 1 aromatic heterocycles. The summed E-state index contributed by atoms with van der Waals surface area (Å²) in [5.74, 6) is 0.348. The molecule has 5 heteroatoms. The molecule has 1 fully saturated rings. The van der Waals surface area contributed by atoms with E-state index >= 15 is 0 Å². The first kappa shape index (κ1) is 13.4. The summed E-state index contributed by atoms with van der Waals surface area (Å²) >= 11 is 1.55. The molecule has 0 aliphatic heterocycles. The van der Waals surface area contributed by atoms with Gasteiger partial charge in [-0.05, 0) is 31.4 Å². The molecule has 0 bridgehead atoms. The van der Waals surface area contributed by atoms with Gasteiger partial charge in [-0.3, -0.25) is 9.36 Å². The summed E-state index contributed by atoms with van der Waals surface area (Å²) < 4.78 is 1.97. The number of benzene rings is 1. The Labute approximate surface area is 122 Å². The SMILES string of the molecule is Cc1ccccc1-n1cnnc1SC1CCCCC1=O. The number of carbonyl (C=O) groups excluding carboxylic acids is 1. The van der Waals surface area contributed by atoms with Gasteiger partial charge in [0.25, 0.3) is 0 Å². The molecule has 1 unspecified atom stereocenters. The molecule has 3 rings (SSSR count). The zero-order chi connectivity index (χ0) is 13.9. The van der Waals surface area contributed by atoms with Crippen LogP contribution in [0, 0.1) is 6.92 Å². The maximum Gasteiger partial charge on any atom is 0.196 e. The number of nitrogens with zero attached hydrogens (tertiary/aromatic N) is 3. The summed E-state index contributed by atoms with van der Waals surface area (Å²) in [6.45, 7) is 2.07. The summed E-state index contributed by atoms with van der Waals surface area (Å²) in [6, 6.07) is 8.13. The largest absolute Gasteiger partial charge is 0.298 e. The Balaban J connectivity index is 1.87. The van der Waals surface area contributed by atoms with Crippen molar-refractivity contribution in [1.29, 1.82) is 0 Å². The first-order valence-electron chi connectivity index (χ1n) is 6.91. The Kier molecular flexibility index (Phi) is 3.87. The lowest BCUT2D eigenvalue weighted by molar-refractivity contribution is -0.119. The molecule has 0 saturated heterocycles. The molecule has 0 radical (unpaired) electrons. The topological polar surface area (TPSA) is 47.8 Å². The van der Waals surface area contributed by atoms with E-state index in [4.69, 9.17) is 0 Å². The summed E-state index contributed by atoms with van der Waals surface area (Å²) in [6.07, 6.45) is 5.53. The highest BCUT2D eigenvalue weighted by molar-refractivity contribution is 8.00. The number of aromatic nitrogens is 3. The highest BCUT2D eigenvalue weighted by atomic mass is 32.2. The van der Waals surface area contributed by atoms with Crippen molar-refractivity contribution < 1.29 is 4.79 Å². The minimum absolute atomic E-state index is 0.0377. The third-order valence-corrected chi connectivity index (χ3v) is 4.91. The molecule has 0 spiro atoms. The normalized spacial score (nSPS) is 19.2. The quantitative estimate of drug-likeness (QED) is 0.870. The molecule has 1 aromatic carbocycles. The van der Waals surface area contributed by atoms with Crippen LogP contribution in [0.4, 0.5) is 0 Å². The molecule has 20 heavy (non-hydrogen) atoms. The molecule has 1 aliphatic rings. The van der Waals surface area contributed by atoms with Crippen LogP contribution in [-0.2, 0) is 4.79 Å². The highest BCUT2D eigenvalue weighted by Gasteiger charge is 2.25. The molecule has 1 heterocycles. The Hall–Kier alpha value is -1.62. The van der Waals surface area contributed by atoms with Gasteiger partial charge in [-0.15, -0.1) is 10.2 Å². The second-order valence-electron chi connectivity index (χ2n) is 5.09. The first-order valence-corrected chi connectivity index (χ1v) is 7.79. The van der Waals surface area contributed by atoms with E-state index in [0.717, 1.165) is 30.1 Å². The van der Waals surface area contributed by atoms with Crippen LogP contribution < -0.4 is 0 Å². The van der Waals surface area contributed by atoms with Gasteiger partial charge in [-0.1, -0.05) is 36.4 Å². The molecule has 1 saturated carbocycles. The number of Topliss-reactive ketones (excluding diaryl/α,β-unsaturated/α-hetero) is 1. The van der Waals surface area contributed by atoms with Crippen molar-refractivity contribution >= 4 is 17.5 Å². The van der Waals surface area contributed by atoms with Gasteiger partial charge in [-0.25, -0.2) is 0 Å². The van der Waals surface area contributed by atoms with Crippen LogP contribution >= 0.6 is 11.8 Å². The number of para-hydroxylation sites is 1. The molecule has 0 amide bonds. The lowest BCUT2D eigenvalue weighted by atomic mass is 9.99. The van der Waals surface area contributed by atoms with E-state index in [0.29, 0.717) is 12.2 Å². The molecule has 1 aliphatic carbocycles. The molecular formula is C15H17N3OS. The van der Waals surface area contributed by atoms with Gasteiger partial charge in [0.2, 0.25) is 0 Å². The number of carbonyl (C=O) groups is 1. The number of thioether (sulfide) groups is 1. The van der Waals surface area contributed by atoms with E-state index in [1.165, 1.54) is 5.56 Å². The van der Waals surface area contributed by atoms with Gasteiger partial charge >= 0.3 is 0 Å². The minimum Gasteiger partial charge on any atom is -0.298 e. The van der Waals surface area contributed by atoms with E-state index in [-0.39, 0.29) is 5.25 Å². The molecule has 2 aromatic rings. The zero-order valence-corrected chi connectivity index (χ0v) is 12.3. The van der Waals surface area contributed by atoms with Crippen LogP contribution in [-0.4, -0.2) is 25.8 Å². The Morgan fingerprint density at radius 2 is 2.15 bits per heavy atom. The van der Waals surface area contributed by atoms with Crippen LogP contribution in [0.5, 0.6) is 0 Å². The summed E-state index contributed by atoms with van der Waals surface area (Å²) in [7, 11) is 0. The predicted octanol–water partition coefficient (Wildman–Crippen LogP) is 3.18. The maximum absolute atomic E-state index is 12.0. The zero-order valence-electron chi connectivity index (χ0n) is 11.5. The van der Waals surface area contributed by atoms with Crippen molar-refractivity contribution in [2.75, 3.05) is 0 Å². The van der Waals surface area contributed by atoms with Crippen LogP contribution in [0.1, 0.15) is 31.2 Å². The Bertz CT molecular complexity index is 623. The highest BCUT2D eigenvalue weighted by Crippen LogP contribution is 2.31. The second kappa shape index (κ2) is 5.79. The number of aryl methyl sites for hydroxylation is 1. The van der Waals surface area contributed by atoms with Gasteiger partial charge in [0.15, 0.2) is 5.16 Å². The number of ketones is 1. The third kappa shape index (κ3) is 2.63. The summed E-state index contributed by atoms with van der Waals surface area (Å²) in [5.41, 5.74) is 2.24. The molecule has 104 valence electrons. The smallest absolute Gasteiger partial charge is 0.196 e. The van der Waals surface area contributed by atoms with Gasteiger partial charge in [0.1, 0.15) is 12.1 Å². The minimum atomic E-state index is 0.0377. The Morgan fingerprint density at radius 1 is 1.30 bits per heavy atom. The summed E-state index contributed by atoms with van der Waals surface area (Å²) in [5, 5.41) is 9.04. The van der Waals surface area contributed by atoms with Crippen molar-refractivity contribution in [3.63, 3.8) is 0 Å². The molecule has 4 nitrogen and oxygen atoms in total. The van der Waals surface area contributed by atoms with Crippen LogP contribution in [0.15, 0.2) is 35.7 Å². The van der Waals surface area contributed by atoms with Crippen molar-refractivity contribution in [2.24, 2.45) is 0 Å². The molecule has 1 atom stereocenters. The predicted molar refractivity (Wildman–Crippen MR) is 79.2 cm³/mol. The van der Waals surface area contributed by atoms with Gasteiger partial charge in [-0.2, -0.15) is 0 Å². The van der Waals surface area contributed by atoms with E-state index < -0.39 is 0 Å². The van der Waals surface area contributed by atoms with E-state index in [1.807, 2.05) is 22.8 Å². The van der Waals surface area contributed by atoms with Crippen molar-refractivity contribution in [2.45, 2.75) is 43.0 Å². The van der Waals surface area contributed by atoms with E-state index in [9.17, 15) is 4.79 Å². The molecule has 0 N–H and O–H groups in total. The monoisotopic (exact) mass is 287 g/mol. The maximum atomic E-state index is 12.0. The van der Waals surface area contributed by atoms with Gasteiger partial charge in [0, 0.05) is 6.42 Å². The second-order valence-corrected chi connectivity index (χ2v) is 6.26. The first-order chi connectivity index (χ1) is 9.75. The van der Waals surface area contributed by atoms with Crippen LogP contribution in [0.3, 0.4) is 0 Å². The van der Waals surface area contributed by atoms with E-state index in [2.05, 4.69) is 23.2 Å². The van der Waals surface area contributed by atoms with Crippen molar-refractivity contribution in [3.05, 3.63) is 36.2 Å². The fourth-order valence-corrected chi connectivity index (χ4v) is 3.65. The lowest BCUT2D eigenvalue weighted by Crippen LogP contribution is -2.21. The van der Waals surface area contributed by atoms with Crippen molar-refractivity contribution in [3.8, 4) is 5.69 Å². The number of hydrogen-bond acceptors (Lipinski definition) is 4. The van der Waals surface area contributed by atoms with Crippen LogP contribution in [0.25, 0.3) is 5.69 Å². The standard InChI is InChI=1S/C15H17N3OS/c1-11-6-2-3-7-12(11)18-10-16-17-15(18)20-14-9-5-4-8-13(14)19/h2-3,6-7,10,14H,4-5,8-9H2,1H3. The fraction of sp³-hybridized carbons (Fsp3) is 0.400. The fourth-order valence-electron chi connectivity index (χ4n) is 2.51. The Morgan fingerprint density at radius 3 is 2.95 bits per heavy atom. The number of rotatable bonds is 3. The summed E-state index contributed by atoms with van der Waals surface area (Å²) in [4.78, 5) is 12.0. The lowest BCUT2D eigenvalue weighted by Gasteiger charge is -2.19. The molecular weight excluding hydrogens is 270 g/mol. The van der Waals surface area contributed by atoms with Gasteiger partial charge in [0.05, 0.1) is 10.9 Å². The van der Waals surface area contributed by atoms with Gasteiger partial charge < -0.3 is 0 Å². The van der Waals surface area contributed by atoms with E-state index in [1.54, 1.807) is 18.1 Å². The van der Waals surface area contributed by atoms with Crippen molar-refractivity contribution in [1.82, 2.24) is 14.8 Å². The number of hydrogen-bond donors (Lipinski definition) is 0. The average Bonchev–Trinajstić information content (AvgIpc) is 2.90. The average molecular weight is 287 g/mol.